The predicted molar refractivity (Wildman–Crippen MR) is 67.8 cm³/mol. The number of nitrogen functional groups attached to an aromatic ring is 1. The maximum Gasteiger partial charge on any atom is 0.222 e. The average molecular weight is 318 g/mol. The van der Waals surface area contributed by atoms with Gasteiger partial charge < -0.3 is 10.5 Å². The Labute approximate surface area is 110 Å². The first-order chi connectivity index (χ1) is 8.04. The zero-order valence-corrected chi connectivity index (χ0v) is 10.8. The van der Waals surface area contributed by atoms with E-state index in [0.717, 1.165) is 0 Å². The van der Waals surface area contributed by atoms with Crippen molar-refractivity contribution in [2.45, 2.75) is 0 Å². The van der Waals surface area contributed by atoms with Gasteiger partial charge in [-0.1, -0.05) is 27.5 Å². The van der Waals surface area contributed by atoms with Crippen LogP contribution in [0.1, 0.15) is 0 Å². The van der Waals surface area contributed by atoms with Crippen molar-refractivity contribution in [3.8, 4) is 11.6 Å². The molecule has 0 spiro atoms. The maximum atomic E-state index is 13.5. The summed E-state index contributed by atoms with van der Waals surface area (Å²) in [4.78, 5) is 3.88. The van der Waals surface area contributed by atoms with Gasteiger partial charge >= 0.3 is 0 Å². The summed E-state index contributed by atoms with van der Waals surface area (Å²) in [6, 6.07) is 7.38. The monoisotopic (exact) mass is 316 g/mol. The van der Waals surface area contributed by atoms with Crippen molar-refractivity contribution in [1.29, 1.82) is 0 Å². The molecule has 2 rings (SSSR count). The van der Waals surface area contributed by atoms with Crippen molar-refractivity contribution < 1.29 is 9.13 Å². The van der Waals surface area contributed by atoms with Gasteiger partial charge in [0.05, 0.1) is 0 Å². The van der Waals surface area contributed by atoms with Crippen LogP contribution in [0.2, 0.25) is 5.15 Å². The molecule has 0 aliphatic heterocycles. The molecule has 0 aliphatic carbocycles. The lowest BCUT2D eigenvalue weighted by Crippen LogP contribution is -1.93. The normalized spacial score (nSPS) is 10.3. The summed E-state index contributed by atoms with van der Waals surface area (Å²) in [5.74, 6) is -0.293. The molecule has 0 amide bonds. The molecule has 3 nitrogen and oxygen atoms in total. The van der Waals surface area contributed by atoms with Crippen molar-refractivity contribution >= 4 is 33.2 Å². The molecular weight excluding hydrogens is 310 g/mol. The number of ether oxygens (including phenoxy) is 1. The highest BCUT2D eigenvalue weighted by Crippen LogP contribution is 2.27. The van der Waals surface area contributed by atoms with Crippen LogP contribution in [-0.2, 0) is 0 Å². The summed E-state index contributed by atoms with van der Waals surface area (Å²) in [5.41, 5.74) is 5.97. The van der Waals surface area contributed by atoms with Crippen LogP contribution in [0.3, 0.4) is 0 Å². The Hall–Kier alpha value is -1.33. The lowest BCUT2D eigenvalue weighted by molar-refractivity contribution is 0.427. The lowest BCUT2D eigenvalue weighted by Gasteiger charge is -2.07. The Morgan fingerprint density at radius 1 is 1.29 bits per heavy atom. The van der Waals surface area contributed by atoms with Gasteiger partial charge in [-0.05, 0) is 24.3 Å². The molecule has 1 heterocycles. The number of benzene rings is 1. The van der Waals surface area contributed by atoms with Gasteiger partial charge in [0.2, 0.25) is 5.88 Å². The van der Waals surface area contributed by atoms with Crippen LogP contribution in [0, 0.1) is 5.82 Å². The van der Waals surface area contributed by atoms with Crippen molar-refractivity contribution in [1.82, 2.24) is 4.98 Å². The SMILES string of the molecule is Nc1cc(Cl)nc(Oc2ccc(Br)cc2F)c1. The minimum absolute atomic E-state index is 0.0577. The van der Waals surface area contributed by atoms with E-state index in [1.165, 1.54) is 24.3 Å². The zero-order chi connectivity index (χ0) is 12.4. The van der Waals surface area contributed by atoms with Crippen molar-refractivity contribution in [2.24, 2.45) is 0 Å². The largest absolute Gasteiger partial charge is 0.436 e. The third-order valence-electron chi connectivity index (χ3n) is 1.90. The summed E-state index contributed by atoms with van der Waals surface area (Å²) < 4.78 is 19.4. The van der Waals surface area contributed by atoms with E-state index >= 15 is 0 Å². The molecule has 2 N–H and O–H groups in total. The second kappa shape index (κ2) is 4.89. The third kappa shape index (κ3) is 3.08. The van der Waals surface area contributed by atoms with Gasteiger partial charge in [0.15, 0.2) is 11.6 Å². The third-order valence-corrected chi connectivity index (χ3v) is 2.59. The van der Waals surface area contributed by atoms with E-state index in [9.17, 15) is 4.39 Å². The van der Waals surface area contributed by atoms with E-state index in [1.807, 2.05) is 0 Å². The molecule has 0 fully saturated rings. The summed E-state index contributed by atoms with van der Waals surface area (Å²) in [7, 11) is 0. The van der Waals surface area contributed by atoms with Crippen molar-refractivity contribution in [2.75, 3.05) is 5.73 Å². The Bertz CT molecular complexity index is 545. The van der Waals surface area contributed by atoms with Crippen LogP contribution >= 0.6 is 27.5 Å². The number of halogens is 3. The molecule has 88 valence electrons. The van der Waals surface area contributed by atoms with Crippen molar-refractivity contribution in [3.63, 3.8) is 0 Å². The highest BCUT2D eigenvalue weighted by molar-refractivity contribution is 9.10. The fraction of sp³-hybridized carbons (Fsp3) is 0. The molecule has 1 aromatic carbocycles. The fourth-order valence-electron chi connectivity index (χ4n) is 1.21. The molecule has 0 saturated heterocycles. The van der Waals surface area contributed by atoms with Gasteiger partial charge in [0.25, 0.3) is 0 Å². The Morgan fingerprint density at radius 2 is 2.06 bits per heavy atom. The summed E-state index contributed by atoms with van der Waals surface area (Å²) in [6.07, 6.45) is 0. The Balaban J connectivity index is 2.31. The van der Waals surface area contributed by atoms with Crippen LogP contribution in [0.25, 0.3) is 0 Å². The second-order valence-electron chi connectivity index (χ2n) is 3.24. The van der Waals surface area contributed by atoms with E-state index in [-0.39, 0.29) is 16.8 Å². The van der Waals surface area contributed by atoms with Gasteiger partial charge in [-0.2, -0.15) is 0 Å². The molecule has 0 radical (unpaired) electrons. The number of rotatable bonds is 2. The van der Waals surface area contributed by atoms with E-state index in [1.54, 1.807) is 6.07 Å². The van der Waals surface area contributed by atoms with Gasteiger partial charge in [0.1, 0.15) is 5.15 Å². The Kier molecular flexibility index (Phi) is 3.49. The highest BCUT2D eigenvalue weighted by atomic mass is 79.9. The van der Waals surface area contributed by atoms with Gasteiger partial charge in [-0.25, -0.2) is 9.37 Å². The number of nitrogens with two attached hydrogens (primary N) is 1. The topological polar surface area (TPSA) is 48.1 Å². The van der Waals surface area contributed by atoms with Crippen LogP contribution in [-0.4, -0.2) is 4.98 Å². The van der Waals surface area contributed by atoms with E-state index in [0.29, 0.717) is 10.2 Å². The Morgan fingerprint density at radius 3 is 2.71 bits per heavy atom. The average Bonchev–Trinajstić information content (AvgIpc) is 2.21. The van der Waals surface area contributed by atoms with Crippen LogP contribution in [0.4, 0.5) is 10.1 Å². The minimum Gasteiger partial charge on any atom is -0.436 e. The molecule has 0 saturated carbocycles. The van der Waals surface area contributed by atoms with Gasteiger partial charge in [-0.3, -0.25) is 0 Å². The van der Waals surface area contributed by atoms with E-state index < -0.39 is 5.82 Å². The van der Waals surface area contributed by atoms with Crippen molar-refractivity contribution in [3.05, 3.63) is 45.8 Å². The molecule has 1 aromatic heterocycles. The summed E-state index contributed by atoms with van der Waals surface area (Å²) in [5, 5.41) is 0.192. The number of hydrogen-bond donors (Lipinski definition) is 1. The predicted octanol–water partition coefficient (Wildman–Crippen LogP) is 4.01. The fourth-order valence-corrected chi connectivity index (χ4v) is 1.76. The number of anilines is 1. The van der Waals surface area contributed by atoms with Crippen LogP contribution in [0.15, 0.2) is 34.8 Å². The lowest BCUT2D eigenvalue weighted by atomic mass is 10.3. The van der Waals surface area contributed by atoms with Gasteiger partial charge in [0, 0.05) is 16.2 Å². The molecule has 0 unspecified atom stereocenters. The maximum absolute atomic E-state index is 13.5. The molecule has 0 aliphatic rings. The smallest absolute Gasteiger partial charge is 0.222 e. The number of nitrogens with zero attached hydrogens (tertiary/aromatic N) is 1. The molecule has 2 aromatic rings. The number of aromatic nitrogens is 1. The molecule has 0 bridgehead atoms. The summed E-state index contributed by atoms with van der Waals surface area (Å²) >= 11 is 8.86. The number of pyridine rings is 1. The molecular formula is C11H7BrClFN2O. The first-order valence-electron chi connectivity index (χ1n) is 4.60. The second-order valence-corrected chi connectivity index (χ2v) is 4.54. The first-order valence-corrected chi connectivity index (χ1v) is 5.77. The van der Waals surface area contributed by atoms with Crippen LogP contribution < -0.4 is 10.5 Å². The van der Waals surface area contributed by atoms with E-state index in [2.05, 4.69) is 20.9 Å². The first kappa shape index (κ1) is 12.1. The standard InChI is InChI=1S/C11H7BrClFN2O/c12-6-1-2-9(8(14)3-6)17-11-5-7(15)4-10(13)16-11/h1-5H,(H2,15,16). The molecule has 17 heavy (non-hydrogen) atoms. The molecule has 6 heteroatoms. The summed E-state index contributed by atoms with van der Waals surface area (Å²) in [6.45, 7) is 0. The van der Waals surface area contributed by atoms with Crippen LogP contribution in [0.5, 0.6) is 11.6 Å². The minimum atomic E-state index is -0.500. The number of hydrogen-bond acceptors (Lipinski definition) is 3. The highest BCUT2D eigenvalue weighted by Gasteiger charge is 2.07. The molecule has 0 atom stereocenters. The zero-order valence-electron chi connectivity index (χ0n) is 8.45. The van der Waals surface area contributed by atoms with Gasteiger partial charge in [-0.15, -0.1) is 0 Å². The van der Waals surface area contributed by atoms with E-state index in [4.69, 9.17) is 22.1 Å². The quantitative estimate of drug-likeness (QED) is 0.851.